The molecule has 0 aliphatic rings. The van der Waals surface area contributed by atoms with Crippen LogP contribution in [-0.2, 0) is 5.75 Å². The molecular formula is C18H21N5OS2. The third-order valence-corrected chi connectivity index (χ3v) is 5.87. The molecule has 0 saturated carbocycles. The van der Waals surface area contributed by atoms with Crippen molar-refractivity contribution in [1.29, 1.82) is 0 Å². The number of rotatable bonds is 8. The molecule has 136 valence electrons. The lowest BCUT2D eigenvalue weighted by Crippen LogP contribution is -2.04. The molecule has 0 N–H and O–H groups in total. The van der Waals surface area contributed by atoms with Gasteiger partial charge in [-0.2, -0.15) is 0 Å². The number of methoxy groups -OCH3 is 1. The lowest BCUT2D eigenvalue weighted by Gasteiger charge is -2.12. The molecule has 8 heteroatoms. The first kappa shape index (κ1) is 18.7. The zero-order valence-corrected chi connectivity index (χ0v) is 16.6. The van der Waals surface area contributed by atoms with Crippen LogP contribution in [-0.4, -0.2) is 37.1 Å². The summed E-state index contributed by atoms with van der Waals surface area (Å²) in [5.74, 6) is 2.34. The number of benzene rings is 1. The van der Waals surface area contributed by atoms with Crippen LogP contribution in [0.4, 0.5) is 0 Å². The number of hydrogen-bond donors (Lipinski definition) is 0. The zero-order valence-electron chi connectivity index (χ0n) is 15.0. The van der Waals surface area contributed by atoms with Gasteiger partial charge in [-0.15, -0.1) is 10.2 Å². The summed E-state index contributed by atoms with van der Waals surface area (Å²) in [6.07, 6.45) is 4.56. The smallest absolute Gasteiger partial charge is 0.196 e. The molecule has 3 rings (SSSR count). The maximum atomic E-state index is 5.27. The summed E-state index contributed by atoms with van der Waals surface area (Å²) in [5, 5.41) is 10.9. The maximum absolute atomic E-state index is 5.27. The molecular weight excluding hydrogens is 366 g/mol. The highest BCUT2D eigenvalue weighted by atomic mass is 32.2. The Bertz CT molecular complexity index is 823. The van der Waals surface area contributed by atoms with Gasteiger partial charge in [0.1, 0.15) is 11.6 Å². The molecule has 0 radical (unpaired) electrons. The average Bonchev–Trinajstić information content (AvgIpc) is 3.09. The predicted octanol–water partition coefficient (Wildman–Crippen LogP) is 4.25. The fourth-order valence-electron chi connectivity index (χ4n) is 2.21. The zero-order chi connectivity index (χ0) is 18.4. The Balaban J connectivity index is 1.90. The van der Waals surface area contributed by atoms with Gasteiger partial charge in [0.15, 0.2) is 10.3 Å². The Morgan fingerprint density at radius 2 is 1.85 bits per heavy atom. The Labute approximate surface area is 161 Å². The van der Waals surface area contributed by atoms with Crippen LogP contribution in [0, 0.1) is 0 Å². The predicted molar refractivity (Wildman–Crippen MR) is 105 cm³/mol. The second-order valence-electron chi connectivity index (χ2n) is 5.59. The van der Waals surface area contributed by atoms with E-state index in [1.54, 1.807) is 43.0 Å². The Morgan fingerprint density at radius 1 is 1.12 bits per heavy atom. The van der Waals surface area contributed by atoms with Gasteiger partial charge in [0.05, 0.1) is 12.9 Å². The standard InChI is InChI=1S/C18H21N5OS2/c1-4-13(2)26-18-22-21-16(12-25-17-19-10-5-11-20-17)23(18)14-6-8-15(24-3)9-7-14/h5-11,13H,4,12H2,1-3H3. The van der Waals surface area contributed by atoms with Crippen molar-refractivity contribution in [3.05, 3.63) is 48.5 Å². The van der Waals surface area contributed by atoms with E-state index < -0.39 is 0 Å². The quantitative estimate of drug-likeness (QED) is 0.423. The van der Waals surface area contributed by atoms with E-state index in [1.807, 2.05) is 30.3 Å². The number of thioether (sulfide) groups is 2. The lowest BCUT2D eigenvalue weighted by atomic mass is 10.3. The molecule has 1 aromatic carbocycles. The average molecular weight is 388 g/mol. The highest BCUT2D eigenvalue weighted by molar-refractivity contribution is 7.99. The molecule has 0 saturated heterocycles. The summed E-state index contributed by atoms with van der Waals surface area (Å²) in [4.78, 5) is 8.52. The van der Waals surface area contributed by atoms with Crippen LogP contribution in [0.1, 0.15) is 26.1 Å². The van der Waals surface area contributed by atoms with Gasteiger partial charge in [0.25, 0.3) is 0 Å². The van der Waals surface area contributed by atoms with Crippen LogP contribution in [0.3, 0.4) is 0 Å². The lowest BCUT2D eigenvalue weighted by molar-refractivity contribution is 0.414. The van der Waals surface area contributed by atoms with Crippen LogP contribution in [0.15, 0.2) is 53.0 Å². The van der Waals surface area contributed by atoms with Crippen LogP contribution >= 0.6 is 23.5 Å². The minimum atomic E-state index is 0.467. The van der Waals surface area contributed by atoms with Gasteiger partial charge < -0.3 is 4.74 Å². The van der Waals surface area contributed by atoms with Crippen molar-refractivity contribution in [1.82, 2.24) is 24.7 Å². The summed E-state index contributed by atoms with van der Waals surface area (Å²) >= 11 is 3.28. The van der Waals surface area contributed by atoms with Gasteiger partial charge in [-0.3, -0.25) is 4.57 Å². The van der Waals surface area contributed by atoms with Crippen molar-refractivity contribution in [2.75, 3.05) is 7.11 Å². The van der Waals surface area contributed by atoms with Gasteiger partial charge in [0, 0.05) is 23.3 Å². The van der Waals surface area contributed by atoms with Crippen molar-refractivity contribution in [3.8, 4) is 11.4 Å². The molecule has 2 heterocycles. The largest absolute Gasteiger partial charge is 0.497 e. The van der Waals surface area contributed by atoms with E-state index in [1.165, 1.54) is 0 Å². The number of aromatic nitrogens is 5. The molecule has 0 bridgehead atoms. The summed E-state index contributed by atoms with van der Waals surface area (Å²) in [6, 6.07) is 9.76. The maximum Gasteiger partial charge on any atom is 0.196 e. The fourth-order valence-corrected chi connectivity index (χ4v) is 3.86. The number of ether oxygens (including phenoxy) is 1. The molecule has 6 nitrogen and oxygen atoms in total. The molecule has 0 amide bonds. The van der Waals surface area contributed by atoms with Crippen molar-refractivity contribution in [2.24, 2.45) is 0 Å². The Hall–Kier alpha value is -2.06. The first-order valence-electron chi connectivity index (χ1n) is 8.36. The molecule has 0 spiro atoms. The summed E-state index contributed by atoms with van der Waals surface area (Å²) in [6.45, 7) is 4.37. The van der Waals surface area contributed by atoms with Crippen molar-refractivity contribution in [2.45, 2.75) is 41.6 Å². The topological polar surface area (TPSA) is 65.7 Å². The molecule has 0 fully saturated rings. The second-order valence-corrected chi connectivity index (χ2v) is 7.94. The highest BCUT2D eigenvalue weighted by Gasteiger charge is 2.17. The summed E-state index contributed by atoms with van der Waals surface area (Å²) in [7, 11) is 1.67. The molecule has 26 heavy (non-hydrogen) atoms. The first-order valence-corrected chi connectivity index (χ1v) is 10.2. The minimum absolute atomic E-state index is 0.467. The summed E-state index contributed by atoms with van der Waals surface area (Å²) in [5.41, 5.74) is 1.02. The van der Waals surface area contributed by atoms with Crippen LogP contribution < -0.4 is 4.74 Å². The summed E-state index contributed by atoms with van der Waals surface area (Å²) < 4.78 is 7.37. The minimum Gasteiger partial charge on any atom is -0.497 e. The SMILES string of the molecule is CCC(C)Sc1nnc(CSc2ncccn2)n1-c1ccc(OC)cc1. The van der Waals surface area contributed by atoms with Gasteiger partial charge >= 0.3 is 0 Å². The number of hydrogen-bond acceptors (Lipinski definition) is 7. The Kier molecular flexibility index (Phi) is 6.51. The molecule has 1 unspecified atom stereocenters. The van der Waals surface area contributed by atoms with Crippen LogP contribution in [0.25, 0.3) is 5.69 Å². The highest BCUT2D eigenvalue weighted by Crippen LogP contribution is 2.29. The van der Waals surface area contributed by atoms with Crippen molar-refractivity contribution < 1.29 is 4.74 Å². The molecule has 0 aliphatic carbocycles. The van der Waals surface area contributed by atoms with Crippen molar-refractivity contribution in [3.63, 3.8) is 0 Å². The van der Waals surface area contributed by atoms with E-state index in [4.69, 9.17) is 4.74 Å². The van der Waals surface area contributed by atoms with Gasteiger partial charge in [-0.25, -0.2) is 9.97 Å². The van der Waals surface area contributed by atoms with E-state index in [9.17, 15) is 0 Å². The van der Waals surface area contributed by atoms with Gasteiger partial charge in [-0.1, -0.05) is 37.4 Å². The van der Waals surface area contributed by atoms with Crippen LogP contribution in [0.5, 0.6) is 5.75 Å². The Morgan fingerprint density at radius 3 is 2.50 bits per heavy atom. The molecule has 1 atom stereocenters. The molecule has 3 aromatic rings. The van der Waals surface area contributed by atoms with Gasteiger partial charge in [0.2, 0.25) is 0 Å². The van der Waals surface area contributed by atoms with E-state index in [2.05, 4.69) is 38.6 Å². The van der Waals surface area contributed by atoms with E-state index in [0.717, 1.165) is 34.0 Å². The van der Waals surface area contributed by atoms with Crippen molar-refractivity contribution >= 4 is 23.5 Å². The van der Waals surface area contributed by atoms with E-state index >= 15 is 0 Å². The van der Waals surface area contributed by atoms with Gasteiger partial charge in [-0.05, 0) is 36.8 Å². The first-order chi connectivity index (χ1) is 12.7. The fraction of sp³-hybridized carbons (Fsp3) is 0.333. The van der Waals surface area contributed by atoms with E-state index in [-0.39, 0.29) is 0 Å². The molecule has 2 aromatic heterocycles. The number of nitrogens with zero attached hydrogens (tertiary/aromatic N) is 5. The monoisotopic (exact) mass is 387 g/mol. The van der Waals surface area contributed by atoms with E-state index in [0.29, 0.717) is 11.0 Å². The van der Waals surface area contributed by atoms with Crippen LogP contribution in [0.2, 0.25) is 0 Å². The third kappa shape index (κ3) is 4.56. The second kappa shape index (κ2) is 9.05. The molecule has 0 aliphatic heterocycles. The third-order valence-electron chi connectivity index (χ3n) is 3.78. The normalized spacial score (nSPS) is 12.1.